The molecule has 2 aliphatic rings. The van der Waals surface area contributed by atoms with Gasteiger partial charge in [0, 0.05) is 10.7 Å². The topological polar surface area (TPSA) is 171 Å². The van der Waals surface area contributed by atoms with E-state index in [1.54, 1.807) is 6.26 Å². The van der Waals surface area contributed by atoms with Crippen molar-refractivity contribution >= 4 is 64.5 Å². The Morgan fingerprint density at radius 2 is 2.21 bits per heavy atom. The predicted octanol–water partition coefficient (Wildman–Crippen LogP) is -0.597. The summed E-state index contributed by atoms with van der Waals surface area (Å²) in [6.45, 7) is -0.778. The molecule has 0 bridgehead atoms. The molecule has 3 rings (SSSR count). The average Bonchev–Trinajstić information content (AvgIpc) is 3.21. The van der Waals surface area contributed by atoms with E-state index in [9.17, 15) is 24.3 Å². The number of carboxylic acids is 2. The molecule has 29 heavy (non-hydrogen) atoms. The van der Waals surface area contributed by atoms with Crippen molar-refractivity contribution in [2.24, 2.45) is 5.16 Å². The number of fused-ring (bicyclic) bond motifs is 1. The Morgan fingerprint density at radius 1 is 1.45 bits per heavy atom. The fourth-order valence-corrected chi connectivity index (χ4v) is 5.24. The van der Waals surface area contributed by atoms with Crippen molar-refractivity contribution in [3.05, 3.63) is 21.9 Å². The molecule has 15 heteroatoms. The second kappa shape index (κ2) is 8.79. The predicted molar refractivity (Wildman–Crippen MR) is 103 cm³/mol. The van der Waals surface area contributed by atoms with Gasteiger partial charge in [-0.25, -0.2) is 14.6 Å². The van der Waals surface area contributed by atoms with Gasteiger partial charge in [-0.15, -0.1) is 23.5 Å². The SMILES string of the molecule is CSC1=C(C(=O)O)N2C(=O)C(NC(=O)/C(=N\OCC(=O)O)c3ncsn3)[C@H]2SC1. The molecule has 12 nitrogen and oxygen atoms in total. The van der Waals surface area contributed by atoms with Crippen LogP contribution in [-0.2, 0) is 24.0 Å². The molecule has 154 valence electrons. The number of β-lactam (4-membered cyclic amide) rings is 1. The monoisotopic (exact) mass is 459 g/mol. The summed E-state index contributed by atoms with van der Waals surface area (Å²) in [7, 11) is 0. The second-order valence-electron chi connectivity index (χ2n) is 5.50. The molecule has 1 saturated heterocycles. The summed E-state index contributed by atoms with van der Waals surface area (Å²) in [5.74, 6) is -3.62. The molecular formula is C14H13N5O7S3. The highest BCUT2D eigenvalue weighted by molar-refractivity contribution is 8.05. The molecule has 1 unspecified atom stereocenters. The van der Waals surface area contributed by atoms with Gasteiger partial charge in [-0.3, -0.25) is 14.5 Å². The van der Waals surface area contributed by atoms with Crippen LogP contribution in [0, 0.1) is 0 Å². The van der Waals surface area contributed by atoms with E-state index >= 15 is 0 Å². The van der Waals surface area contributed by atoms with Gasteiger partial charge >= 0.3 is 11.9 Å². The van der Waals surface area contributed by atoms with Crippen molar-refractivity contribution in [3.63, 3.8) is 0 Å². The fourth-order valence-electron chi connectivity index (χ4n) is 2.57. The van der Waals surface area contributed by atoms with E-state index < -0.39 is 47.5 Å². The number of hydrogen-bond donors (Lipinski definition) is 3. The van der Waals surface area contributed by atoms with Crippen LogP contribution in [0.5, 0.6) is 0 Å². The maximum absolute atomic E-state index is 12.6. The van der Waals surface area contributed by atoms with Crippen LogP contribution in [0.25, 0.3) is 0 Å². The van der Waals surface area contributed by atoms with Crippen LogP contribution in [-0.4, -0.2) is 84.0 Å². The van der Waals surface area contributed by atoms with Gasteiger partial charge in [-0.2, -0.15) is 4.37 Å². The minimum Gasteiger partial charge on any atom is -0.479 e. The number of carbonyl (C=O) groups excluding carboxylic acids is 2. The van der Waals surface area contributed by atoms with E-state index in [1.165, 1.54) is 29.0 Å². The summed E-state index contributed by atoms with van der Waals surface area (Å²) < 4.78 is 3.87. The zero-order valence-corrected chi connectivity index (χ0v) is 17.0. The lowest BCUT2D eigenvalue weighted by molar-refractivity contribution is -0.150. The summed E-state index contributed by atoms with van der Waals surface area (Å²) in [5, 5.41) is 23.4. The molecule has 1 fully saturated rings. The highest BCUT2D eigenvalue weighted by atomic mass is 32.2. The van der Waals surface area contributed by atoms with E-state index in [0.29, 0.717) is 10.7 Å². The Balaban J connectivity index is 1.77. The number of thioether (sulfide) groups is 2. The van der Waals surface area contributed by atoms with Gasteiger partial charge in [0.2, 0.25) is 18.1 Å². The first kappa shape index (κ1) is 21.1. The quantitative estimate of drug-likeness (QED) is 0.257. The van der Waals surface area contributed by atoms with E-state index in [4.69, 9.17) is 5.11 Å². The minimum atomic E-state index is -1.29. The van der Waals surface area contributed by atoms with E-state index in [-0.39, 0.29) is 11.5 Å². The molecule has 0 spiro atoms. The third kappa shape index (κ3) is 4.20. The normalized spacial score (nSPS) is 21.3. The fraction of sp³-hybridized carbons (Fsp3) is 0.357. The lowest BCUT2D eigenvalue weighted by Crippen LogP contribution is -2.71. The summed E-state index contributed by atoms with van der Waals surface area (Å²) in [5.41, 5.74) is 0.867. The molecular weight excluding hydrogens is 446 g/mol. The van der Waals surface area contributed by atoms with Crippen LogP contribution in [0.3, 0.4) is 0 Å². The lowest BCUT2D eigenvalue weighted by Gasteiger charge is -2.49. The molecule has 1 aromatic rings. The van der Waals surface area contributed by atoms with Crippen LogP contribution in [0.15, 0.2) is 21.3 Å². The standard InChI is InChI=1S/C14H13N5O7S3/c1-27-5-3-28-13-8(12(23)19(13)9(5)14(24)25)16-11(22)7(10-15-4-29-18-10)17-26-2-6(20)21/h4,8,13H,2-3H2,1H3,(H,16,22)(H,20,21)(H,24,25)/b17-7-/t8?,13-/m1/s1. The first-order chi connectivity index (χ1) is 13.8. The number of carbonyl (C=O) groups is 4. The summed E-state index contributed by atoms with van der Waals surface area (Å²) >= 11 is 3.52. The van der Waals surface area contributed by atoms with E-state index in [2.05, 4.69) is 24.7 Å². The third-order valence-electron chi connectivity index (χ3n) is 3.80. The number of aliphatic carboxylic acids is 2. The molecule has 0 radical (unpaired) electrons. The van der Waals surface area contributed by atoms with Crippen molar-refractivity contribution in [3.8, 4) is 0 Å². The number of aromatic nitrogens is 2. The average molecular weight is 459 g/mol. The largest absolute Gasteiger partial charge is 0.479 e. The number of amides is 2. The second-order valence-corrected chi connectivity index (χ2v) is 8.11. The molecule has 2 atom stereocenters. The smallest absolute Gasteiger partial charge is 0.353 e. The molecule has 0 saturated carbocycles. The van der Waals surface area contributed by atoms with Gasteiger partial charge in [0.25, 0.3) is 11.8 Å². The number of hydrogen-bond acceptors (Lipinski definition) is 11. The molecule has 0 aliphatic carbocycles. The Morgan fingerprint density at radius 3 is 2.79 bits per heavy atom. The van der Waals surface area contributed by atoms with Gasteiger partial charge in [0.1, 0.15) is 22.6 Å². The lowest BCUT2D eigenvalue weighted by atomic mass is 10.0. The van der Waals surface area contributed by atoms with E-state index in [1.807, 2.05) is 0 Å². The number of nitrogens with one attached hydrogen (secondary N) is 1. The Hall–Kier alpha value is -2.65. The highest BCUT2D eigenvalue weighted by Crippen LogP contribution is 2.42. The van der Waals surface area contributed by atoms with Crippen molar-refractivity contribution in [2.45, 2.75) is 11.4 Å². The van der Waals surface area contributed by atoms with Crippen LogP contribution in [0.2, 0.25) is 0 Å². The zero-order chi connectivity index (χ0) is 21.1. The zero-order valence-electron chi connectivity index (χ0n) is 14.6. The number of nitrogens with zero attached hydrogens (tertiary/aromatic N) is 4. The van der Waals surface area contributed by atoms with Crippen LogP contribution >= 0.6 is 35.1 Å². The Labute approximate surface area is 175 Å². The van der Waals surface area contributed by atoms with Gasteiger partial charge in [0.05, 0.1) is 0 Å². The first-order valence-electron chi connectivity index (χ1n) is 7.79. The van der Waals surface area contributed by atoms with Gasteiger partial charge in [-0.1, -0.05) is 5.16 Å². The van der Waals surface area contributed by atoms with Crippen molar-refractivity contribution in [1.82, 2.24) is 19.6 Å². The number of oxime groups is 1. The highest BCUT2D eigenvalue weighted by Gasteiger charge is 2.54. The molecule has 2 aliphatic heterocycles. The van der Waals surface area contributed by atoms with E-state index in [0.717, 1.165) is 16.4 Å². The minimum absolute atomic E-state index is 0.0865. The molecule has 3 N–H and O–H groups in total. The maximum atomic E-state index is 12.6. The van der Waals surface area contributed by atoms with Crippen molar-refractivity contribution in [1.29, 1.82) is 0 Å². The van der Waals surface area contributed by atoms with Crippen molar-refractivity contribution in [2.75, 3.05) is 18.6 Å². The van der Waals surface area contributed by atoms with Gasteiger partial charge in [0.15, 0.2) is 0 Å². The maximum Gasteiger partial charge on any atom is 0.353 e. The van der Waals surface area contributed by atoms with Crippen LogP contribution in [0.1, 0.15) is 5.82 Å². The molecule has 1 aromatic heterocycles. The third-order valence-corrected chi connectivity index (χ3v) is 6.57. The Bertz CT molecular complexity index is 917. The van der Waals surface area contributed by atoms with Crippen molar-refractivity contribution < 1.29 is 34.2 Å². The van der Waals surface area contributed by atoms with Gasteiger partial charge in [-0.05, 0) is 17.8 Å². The summed E-state index contributed by atoms with van der Waals surface area (Å²) in [4.78, 5) is 57.5. The number of carboxylic acid groups (broad SMARTS) is 2. The van der Waals surface area contributed by atoms with Gasteiger partial charge < -0.3 is 20.4 Å². The Kier molecular flexibility index (Phi) is 6.39. The summed E-state index contributed by atoms with van der Waals surface area (Å²) in [6, 6.07) is -0.978. The first-order valence-corrected chi connectivity index (χ1v) is 10.9. The van der Waals surface area contributed by atoms with Crippen LogP contribution < -0.4 is 5.32 Å². The van der Waals surface area contributed by atoms with Crippen LogP contribution in [0.4, 0.5) is 0 Å². The molecule has 0 aromatic carbocycles. The number of rotatable bonds is 8. The summed E-state index contributed by atoms with van der Waals surface area (Å²) in [6.07, 6.45) is 1.73. The molecule has 2 amide bonds. The molecule has 3 heterocycles.